The van der Waals surface area contributed by atoms with Crippen molar-refractivity contribution in [3.63, 3.8) is 0 Å². The van der Waals surface area contributed by atoms with Crippen LogP contribution in [0.4, 0.5) is 0 Å². The Morgan fingerprint density at radius 3 is 2.39 bits per heavy atom. The van der Waals surface area contributed by atoms with Gasteiger partial charge in [0, 0.05) is 26.4 Å². The van der Waals surface area contributed by atoms with Crippen molar-refractivity contribution >= 4 is 51.3 Å². The van der Waals surface area contributed by atoms with Crippen LogP contribution in [-0.2, 0) is 5.75 Å². The lowest BCUT2D eigenvalue weighted by Crippen LogP contribution is -2.08. The van der Waals surface area contributed by atoms with Gasteiger partial charge < -0.3 is 9.15 Å². The van der Waals surface area contributed by atoms with E-state index in [1.54, 1.807) is 30.0 Å². The molecular weight excluding hydrogens is 428 g/mol. The Morgan fingerprint density at radius 1 is 0.839 bits per heavy atom. The van der Waals surface area contributed by atoms with Gasteiger partial charge in [-0.2, -0.15) is 0 Å². The van der Waals surface area contributed by atoms with E-state index in [9.17, 15) is 4.79 Å². The Morgan fingerprint density at radius 2 is 1.58 bits per heavy atom. The van der Waals surface area contributed by atoms with Crippen LogP contribution in [0.15, 0.2) is 100 Å². The summed E-state index contributed by atoms with van der Waals surface area (Å²) >= 11 is 7.64. The number of fused-ring (bicyclic) bond motifs is 3. The summed E-state index contributed by atoms with van der Waals surface area (Å²) in [5, 5.41) is 2.65. The summed E-state index contributed by atoms with van der Waals surface area (Å²) < 4.78 is 11.4. The molecule has 0 unspecified atom stereocenters. The molecule has 0 amide bonds. The highest BCUT2D eigenvalue weighted by Crippen LogP contribution is 2.31. The number of hydrogen-bond donors (Lipinski definition) is 0. The quantitative estimate of drug-likeness (QED) is 0.158. The van der Waals surface area contributed by atoms with E-state index in [1.807, 2.05) is 72.8 Å². The zero-order valence-electron chi connectivity index (χ0n) is 16.4. The fraction of sp³-hybridized carbons (Fsp3) is 0.0385. The molecule has 4 aromatic carbocycles. The molecule has 5 heteroatoms. The van der Waals surface area contributed by atoms with Crippen LogP contribution in [0, 0.1) is 0 Å². The second-order valence-electron chi connectivity index (χ2n) is 7.09. The van der Waals surface area contributed by atoms with Gasteiger partial charge in [-0.3, -0.25) is 0 Å². The number of furan rings is 1. The maximum Gasteiger partial charge on any atom is 0.343 e. The van der Waals surface area contributed by atoms with Gasteiger partial charge in [-0.15, -0.1) is 11.8 Å². The molecule has 0 N–H and O–H groups in total. The van der Waals surface area contributed by atoms with Crippen LogP contribution in [0.1, 0.15) is 15.9 Å². The Balaban J connectivity index is 1.28. The molecule has 0 radical (unpaired) electrons. The predicted molar refractivity (Wildman–Crippen MR) is 126 cm³/mol. The van der Waals surface area contributed by atoms with E-state index in [0.29, 0.717) is 11.3 Å². The molecule has 152 valence electrons. The first kappa shape index (κ1) is 19.7. The number of thioether (sulfide) groups is 1. The lowest BCUT2D eigenvalue weighted by Gasteiger charge is -2.06. The van der Waals surface area contributed by atoms with E-state index in [0.717, 1.165) is 43.2 Å². The minimum Gasteiger partial charge on any atom is -0.456 e. The van der Waals surface area contributed by atoms with Crippen LogP contribution in [0.5, 0.6) is 5.75 Å². The molecule has 31 heavy (non-hydrogen) atoms. The van der Waals surface area contributed by atoms with Crippen molar-refractivity contribution in [2.45, 2.75) is 10.6 Å². The van der Waals surface area contributed by atoms with E-state index in [1.165, 1.54) is 0 Å². The van der Waals surface area contributed by atoms with Crippen LogP contribution in [0.3, 0.4) is 0 Å². The van der Waals surface area contributed by atoms with Crippen molar-refractivity contribution in [3.8, 4) is 5.75 Å². The number of carbonyl (C=O) groups is 1. The largest absolute Gasteiger partial charge is 0.456 e. The third kappa shape index (κ3) is 4.31. The first-order valence-corrected chi connectivity index (χ1v) is 11.1. The SMILES string of the molecule is O=C(Oc1ccc2oc3ccccc3c2c1)c1ccc(CSc2ccc(Cl)cc2)cc1. The fourth-order valence-electron chi connectivity index (χ4n) is 3.37. The van der Waals surface area contributed by atoms with Crippen molar-refractivity contribution < 1.29 is 13.9 Å². The Bertz CT molecular complexity index is 1370. The van der Waals surface area contributed by atoms with Crippen LogP contribution in [-0.4, -0.2) is 5.97 Å². The lowest BCUT2D eigenvalue weighted by atomic mass is 10.1. The van der Waals surface area contributed by atoms with Gasteiger partial charge in [-0.1, -0.05) is 41.9 Å². The number of rotatable bonds is 5. The zero-order valence-corrected chi connectivity index (χ0v) is 18.0. The predicted octanol–water partition coefficient (Wildman–Crippen LogP) is 7.75. The van der Waals surface area contributed by atoms with E-state index >= 15 is 0 Å². The second-order valence-corrected chi connectivity index (χ2v) is 8.57. The van der Waals surface area contributed by atoms with Crippen molar-refractivity contribution in [3.05, 3.63) is 107 Å². The standard InChI is InChI=1S/C26H17ClO3S/c27-19-9-12-21(13-10-19)31-16-17-5-7-18(8-6-17)26(28)29-20-11-14-25-23(15-20)22-3-1-2-4-24(22)30-25/h1-15H,16H2. The molecular formula is C26H17ClO3S. The summed E-state index contributed by atoms with van der Waals surface area (Å²) in [5.41, 5.74) is 3.22. The highest BCUT2D eigenvalue weighted by atomic mass is 35.5. The summed E-state index contributed by atoms with van der Waals surface area (Å²) in [7, 11) is 0. The summed E-state index contributed by atoms with van der Waals surface area (Å²) in [6.45, 7) is 0. The Kier molecular flexibility index (Phi) is 5.41. The number of esters is 1. The molecule has 1 aromatic heterocycles. The minimum atomic E-state index is -0.385. The fourth-order valence-corrected chi connectivity index (χ4v) is 4.35. The Labute approximate surface area is 188 Å². The maximum atomic E-state index is 12.6. The van der Waals surface area contributed by atoms with Gasteiger partial charge in [0.05, 0.1) is 5.56 Å². The van der Waals surface area contributed by atoms with Gasteiger partial charge in [0.15, 0.2) is 0 Å². The molecule has 0 fully saturated rings. The molecule has 0 saturated heterocycles. The molecule has 1 heterocycles. The van der Waals surface area contributed by atoms with Gasteiger partial charge >= 0.3 is 5.97 Å². The van der Waals surface area contributed by atoms with Crippen LogP contribution in [0.25, 0.3) is 21.9 Å². The van der Waals surface area contributed by atoms with Gasteiger partial charge in [-0.25, -0.2) is 4.79 Å². The average Bonchev–Trinajstić information content (AvgIpc) is 3.17. The van der Waals surface area contributed by atoms with Crippen molar-refractivity contribution in [2.24, 2.45) is 0 Å². The molecule has 5 aromatic rings. The van der Waals surface area contributed by atoms with Gasteiger partial charge in [-0.05, 0) is 66.2 Å². The number of para-hydroxylation sites is 1. The minimum absolute atomic E-state index is 0.385. The van der Waals surface area contributed by atoms with Gasteiger partial charge in [0.1, 0.15) is 16.9 Å². The van der Waals surface area contributed by atoms with Crippen molar-refractivity contribution in [2.75, 3.05) is 0 Å². The molecule has 0 atom stereocenters. The smallest absolute Gasteiger partial charge is 0.343 e. The Hall–Kier alpha value is -3.21. The summed E-state index contributed by atoms with van der Waals surface area (Å²) in [5.74, 6) is 0.914. The first-order chi connectivity index (χ1) is 15.2. The van der Waals surface area contributed by atoms with Crippen LogP contribution < -0.4 is 4.74 Å². The van der Waals surface area contributed by atoms with Crippen LogP contribution >= 0.6 is 23.4 Å². The molecule has 5 rings (SSSR count). The van der Waals surface area contributed by atoms with E-state index in [-0.39, 0.29) is 5.97 Å². The van der Waals surface area contributed by atoms with Crippen molar-refractivity contribution in [1.82, 2.24) is 0 Å². The summed E-state index contributed by atoms with van der Waals surface area (Å²) in [6.07, 6.45) is 0. The van der Waals surface area contributed by atoms with Crippen LogP contribution in [0.2, 0.25) is 5.02 Å². The van der Waals surface area contributed by atoms with E-state index in [4.69, 9.17) is 20.8 Å². The van der Waals surface area contributed by atoms with Crippen molar-refractivity contribution in [1.29, 1.82) is 0 Å². The average molecular weight is 445 g/mol. The van der Waals surface area contributed by atoms with Gasteiger partial charge in [0.2, 0.25) is 0 Å². The number of hydrogen-bond acceptors (Lipinski definition) is 4. The van der Waals surface area contributed by atoms with Gasteiger partial charge in [0.25, 0.3) is 0 Å². The number of benzene rings is 4. The van der Waals surface area contributed by atoms with E-state index in [2.05, 4.69) is 0 Å². The topological polar surface area (TPSA) is 39.4 Å². The monoisotopic (exact) mass is 444 g/mol. The number of ether oxygens (including phenoxy) is 1. The summed E-state index contributed by atoms with van der Waals surface area (Å²) in [4.78, 5) is 13.8. The molecule has 0 spiro atoms. The third-order valence-electron chi connectivity index (χ3n) is 4.97. The molecule has 0 aliphatic carbocycles. The molecule has 0 aliphatic rings. The highest BCUT2D eigenvalue weighted by Gasteiger charge is 2.12. The maximum absolute atomic E-state index is 12.6. The number of carbonyl (C=O) groups excluding carboxylic acids is 1. The van der Waals surface area contributed by atoms with E-state index < -0.39 is 0 Å². The molecule has 0 bridgehead atoms. The second kappa shape index (κ2) is 8.50. The molecule has 0 aliphatic heterocycles. The number of halogens is 1. The molecule has 0 saturated carbocycles. The zero-order chi connectivity index (χ0) is 21.2. The third-order valence-corrected chi connectivity index (χ3v) is 6.30. The highest BCUT2D eigenvalue weighted by molar-refractivity contribution is 7.98. The summed E-state index contributed by atoms with van der Waals surface area (Å²) in [6, 6.07) is 28.5. The molecule has 3 nitrogen and oxygen atoms in total. The lowest BCUT2D eigenvalue weighted by molar-refractivity contribution is 0.0735. The normalized spacial score (nSPS) is 11.1. The first-order valence-electron chi connectivity index (χ1n) is 9.76.